The Bertz CT molecular complexity index is 448. The standard InChI is InChI=1S/C12H16N2O/c1-15-12-8-11-9(4-6-14-11)7-10(12)3-2-5-13/h4,6-8,14H,2-3,5,13H2,1H3. The van der Waals surface area contributed by atoms with E-state index < -0.39 is 0 Å². The maximum absolute atomic E-state index is 5.51. The third kappa shape index (κ3) is 1.97. The first kappa shape index (κ1) is 10.1. The zero-order chi connectivity index (χ0) is 10.7. The van der Waals surface area contributed by atoms with E-state index in [1.807, 2.05) is 12.3 Å². The van der Waals surface area contributed by atoms with Crippen LogP contribution in [0.25, 0.3) is 10.9 Å². The SMILES string of the molecule is COc1cc2[nH]ccc2cc1CCCN. The molecule has 1 aromatic carbocycles. The number of methoxy groups -OCH3 is 1. The lowest BCUT2D eigenvalue weighted by Crippen LogP contribution is -2.01. The van der Waals surface area contributed by atoms with Crippen LogP contribution in [0.3, 0.4) is 0 Å². The summed E-state index contributed by atoms with van der Waals surface area (Å²) < 4.78 is 5.36. The Hall–Kier alpha value is -1.48. The number of nitrogens with one attached hydrogen (secondary N) is 1. The molecule has 2 aromatic rings. The highest BCUT2D eigenvalue weighted by molar-refractivity contribution is 5.82. The lowest BCUT2D eigenvalue weighted by atomic mass is 10.1. The van der Waals surface area contributed by atoms with E-state index in [0.717, 1.165) is 24.1 Å². The van der Waals surface area contributed by atoms with Crippen LogP contribution in [0.4, 0.5) is 0 Å². The Morgan fingerprint density at radius 1 is 1.40 bits per heavy atom. The van der Waals surface area contributed by atoms with Gasteiger partial charge in [-0.05, 0) is 42.5 Å². The van der Waals surface area contributed by atoms with Crippen LogP contribution in [-0.4, -0.2) is 18.6 Å². The minimum Gasteiger partial charge on any atom is -0.496 e. The zero-order valence-corrected chi connectivity index (χ0v) is 8.92. The maximum atomic E-state index is 5.51. The van der Waals surface area contributed by atoms with Crippen LogP contribution >= 0.6 is 0 Å². The van der Waals surface area contributed by atoms with Crippen molar-refractivity contribution < 1.29 is 4.74 Å². The summed E-state index contributed by atoms with van der Waals surface area (Å²) >= 11 is 0. The highest BCUT2D eigenvalue weighted by atomic mass is 16.5. The monoisotopic (exact) mass is 204 g/mol. The minimum absolute atomic E-state index is 0.717. The molecule has 3 N–H and O–H groups in total. The highest BCUT2D eigenvalue weighted by Crippen LogP contribution is 2.26. The Kier molecular flexibility index (Phi) is 2.92. The average molecular weight is 204 g/mol. The van der Waals surface area contributed by atoms with Crippen molar-refractivity contribution in [2.24, 2.45) is 5.73 Å². The number of fused-ring (bicyclic) bond motifs is 1. The van der Waals surface area contributed by atoms with E-state index in [2.05, 4.69) is 17.1 Å². The summed E-state index contributed by atoms with van der Waals surface area (Å²) in [7, 11) is 1.70. The molecule has 15 heavy (non-hydrogen) atoms. The van der Waals surface area contributed by atoms with E-state index in [4.69, 9.17) is 10.5 Å². The molecular weight excluding hydrogens is 188 g/mol. The fourth-order valence-corrected chi connectivity index (χ4v) is 1.81. The molecule has 3 heteroatoms. The number of hydrogen-bond donors (Lipinski definition) is 2. The number of H-pyrrole nitrogens is 1. The molecule has 2 rings (SSSR count). The summed E-state index contributed by atoms with van der Waals surface area (Å²) in [5.41, 5.74) is 7.86. The molecule has 0 bridgehead atoms. The molecule has 3 nitrogen and oxygen atoms in total. The van der Waals surface area contributed by atoms with E-state index in [-0.39, 0.29) is 0 Å². The molecule has 0 spiro atoms. The van der Waals surface area contributed by atoms with Gasteiger partial charge in [-0.15, -0.1) is 0 Å². The molecule has 80 valence electrons. The predicted octanol–water partition coefficient (Wildman–Crippen LogP) is 2.07. The van der Waals surface area contributed by atoms with Gasteiger partial charge >= 0.3 is 0 Å². The van der Waals surface area contributed by atoms with Crippen molar-refractivity contribution in [2.45, 2.75) is 12.8 Å². The Balaban J connectivity index is 2.40. The van der Waals surface area contributed by atoms with Gasteiger partial charge in [0.15, 0.2) is 0 Å². The quantitative estimate of drug-likeness (QED) is 0.801. The number of rotatable bonds is 4. The number of aryl methyl sites for hydroxylation is 1. The fraction of sp³-hybridized carbons (Fsp3) is 0.333. The van der Waals surface area contributed by atoms with Crippen molar-refractivity contribution in [3.8, 4) is 5.75 Å². The number of aromatic nitrogens is 1. The topological polar surface area (TPSA) is 51.0 Å². The van der Waals surface area contributed by atoms with Gasteiger partial charge < -0.3 is 15.5 Å². The minimum atomic E-state index is 0.717. The van der Waals surface area contributed by atoms with Crippen molar-refractivity contribution in [3.63, 3.8) is 0 Å². The fourth-order valence-electron chi connectivity index (χ4n) is 1.81. The average Bonchev–Trinajstić information content (AvgIpc) is 2.71. The van der Waals surface area contributed by atoms with Gasteiger partial charge in [0.2, 0.25) is 0 Å². The normalized spacial score (nSPS) is 10.8. The first-order chi connectivity index (χ1) is 7.35. The molecule has 0 saturated carbocycles. The van der Waals surface area contributed by atoms with Gasteiger partial charge in [-0.3, -0.25) is 0 Å². The smallest absolute Gasteiger partial charge is 0.124 e. The lowest BCUT2D eigenvalue weighted by molar-refractivity contribution is 0.410. The molecular formula is C12H16N2O. The van der Waals surface area contributed by atoms with Crippen molar-refractivity contribution in [2.75, 3.05) is 13.7 Å². The molecule has 0 saturated heterocycles. The second-order valence-electron chi connectivity index (χ2n) is 3.62. The Morgan fingerprint density at radius 2 is 2.27 bits per heavy atom. The number of ether oxygens (including phenoxy) is 1. The molecule has 1 aromatic heterocycles. The van der Waals surface area contributed by atoms with Gasteiger partial charge in [0.1, 0.15) is 5.75 Å². The summed E-state index contributed by atoms with van der Waals surface area (Å²) in [6.07, 6.45) is 3.91. The number of hydrogen-bond acceptors (Lipinski definition) is 2. The third-order valence-corrected chi connectivity index (χ3v) is 2.60. The van der Waals surface area contributed by atoms with E-state index in [9.17, 15) is 0 Å². The molecule has 0 amide bonds. The predicted molar refractivity (Wildman–Crippen MR) is 62.2 cm³/mol. The molecule has 0 radical (unpaired) electrons. The molecule has 0 unspecified atom stereocenters. The van der Waals surface area contributed by atoms with Crippen LogP contribution in [0.1, 0.15) is 12.0 Å². The van der Waals surface area contributed by atoms with Crippen LogP contribution in [0.5, 0.6) is 5.75 Å². The van der Waals surface area contributed by atoms with Crippen LogP contribution in [0.2, 0.25) is 0 Å². The first-order valence-electron chi connectivity index (χ1n) is 5.19. The Labute approximate surface area is 89.2 Å². The van der Waals surface area contributed by atoms with Gasteiger partial charge in [0, 0.05) is 17.8 Å². The second kappa shape index (κ2) is 4.36. The van der Waals surface area contributed by atoms with Crippen LogP contribution in [0.15, 0.2) is 24.4 Å². The molecule has 0 aliphatic carbocycles. The van der Waals surface area contributed by atoms with Crippen molar-refractivity contribution >= 4 is 10.9 Å². The zero-order valence-electron chi connectivity index (χ0n) is 8.92. The van der Waals surface area contributed by atoms with Crippen molar-refractivity contribution in [3.05, 3.63) is 30.0 Å². The third-order valence-electron chi connectivity index (χ3n) is 2.60. The van der Waals surface area contributed by atoms with Crippen LogP contribution in [-0.2, 0) is 6.42 Å². The second-order valence-corrected chi connectivity index (χ2v) is 3.62. The molecule has 0 atom stereocenters. The molecule has 0 aliphatic rings. The molecule has 0 aliphatic heterocycles. The van der Waals surface area contributed by atoms with Gasteiger partial charge in [-0.2, -0.15) is 0 Å². The van der Waals surface area contributed by atoms with Crippen LogP contribution < -0.4 is 10.5 Å². The van der Waals surface area contributed by atoms with Gasteiger partial charge in [0.25, 0.3) is 0 Å². The summed E-state index contributed by atoms with van der Waals surface area (Å²) in [4.78, 5) is 3.17. The summed E-state index contributed by atoms with van der Waals surface area (Å²) in [6, 6.07) is 6.28. The first-order valence-corrected chi connectivity index (χ1v) is 5.19. The van der Waals surface area contributed by atoms with E-state index in [1.54, 1.807) is 7.11 Å². The van der Waals surface area contributed by atoms with Crippen molar-refractivity contribution in [1.82, 2.24) is 4.98 Å². The highest BCUT2D eigenvalue weighted by Gasteiger charge is 2.05. The van der Waals surface area contributed by atoms with E-state index in [1.165, 1.54) is 10.9 Å². The Morgan fingerprint density at radius 3 is 3.00 bits per heavy atom. The van der Waals surface area contributed by atoms with Crippen molar-refractivity contribution in [1.29, 1.82) is 0 Å². The van der Waals surface area contributed by atoms with Gasteiger partial charge in [0.05, 0.1) is 7.11 Å². The van der Waals surface area contributed by atoms with E-state index in [0.29, 0.717) is 6.54 Å². The molecule has 0 fully saturated rings. The van der Waals surface area contributed by atoms with Gasteiger partial charge in [-0.1, -0.05) is 0 Å². The van der Waals surface area contributed by atoms with Gasteiger partial charge in [-0.25, -0.2) is 0 Å². The maximum Gasteiger partial charge on any atom is 0.124 e. The number of nitrogens with two attached hydrogens (primary N) is 1. The summed E-state index contributed by atoms with van der Waals surface area (Å²) in [5, 5.41) is 1.22. The lowest BCUT2D eigenvalue weighted by Gasteiger charge is -2.08. The summed E-state index contributed by atoms with van der Waals surface area (Å²) in [6.45, 7) is 0.717. The van der Waals surface area contributed by atoms with E-state index >= 15 is 0 Å². The van der Waals surface area contributed by atoms with Crippen LogP contribution in [0, 0.1) is 0 Å². The number of aromatic amines is 1. The molecule has 1 heterocycles. The largest absolute Gasteiger partial charge is 0.496 e. The number of benzene rings is 1. The summed E-state index contributed by atoms with van der Waals surface area (Å²) in [5.74, 6) is 0.943.